The highest BCUT2D eigenvalue weighted by Gasteiger charge is 2.10. The topological polar surface area (TPSA) is 37.8 Å². The minimum atomic E-state index is 0.127. The molecule has 102 valence electrons. The van der Waals surface area contributed by atoms with Crippen molar-refractivity contribution >= 4 is 23.1 Å². The van der Waals surface area contributed by atoms with Crippen molar-refractivity contribution < 1.29 is 0 Å². The number of aromatic nitrogens is 2. The molecule has 3 nitrogen and oxygen atoms in total. The van der Waals surface area contributed by atoms with Gasteiger partial charge in [0.2, 0.25) is 0 Å². The summed E-state index contributed by atoms with van der Waals surface area (Å²) in [5, 5.41) is 6.50. The van der Waals surface area contributed by atoms with Gasteiger partial charge in [-0.25, -0.2) is 9.97 Å². The van der Waals surface area contributed by atoms with E-state index in [0.29, 0.717) is 0 Å². The minimum Gasteiger partial charge on any atom is -0.308 e. The zero-order valence-electron chi connectivity index (χ0n) is 11.7. The SMILES string of the molecule is Cc1cc(CNC(C)(C)C)cnc1Sc1nccs1. The Morgan fingerprint density at radius 3 is 2.68 bits per heavy atom. The molecule has 0 aliphatic rings. The van der Waals surface area contributed by atoms with Crippen LogP contribution in [-0.4, -0.2) is 15.5 Å². The maximum absolute atomic E-state index is 4.54. The number of nitrogens with one attached hydrogen (secondary N) is 1. The van der Waals surface area contributed by atoms with E-state index in [1.807, 2.05) is 17.8 Å². The van der Waals surface area contributed by atoms with E-state index in [0.717, 1.165) is 15.9 Å². The number of pyridine rings is 1. The smallest absolute Gasteiger partial charge is 0.156 e. The summed E-state index contributed by atoms with van der Waals surface area (Å²) in [6.07, 6.45) is 3.77. The van der Waals surface area contributed by atoms with Crippen LogP contribution in [-0.2, 0) is 6.54 Å². The zero-order valence-corrected chi connectivity index (χ0v) is 13.4. The molecule has 0 radical (unpaired) electrons. The normalized spacial score (nSPS) is 11.8. The maximum atomic E-state index is 4.54. The second-order valence-corrected chi connectivity index (χ2v) is 7.60. The van der Waals surface area contributed by atoms with E-state index in [-0.39, 0.29) is 5.54 Å². The first kappa shape index (κ1) is 14.5. The van der Waals surface area contributed by atoms with Crippen molar-refractivity contribution in [1.82, 2.24) is 15.3 Å². The van der Waals surface area contributed by atoms with Crippen LogP contribution in [0.1, 0.15) is 31.9 Å². The third-order valence-corrected chi connectivity index (χ3v) is 4.51. The van der Waals surface area contributed by atoms with Crippen molar-refractivity contribution in [2.75, 3.05) is 0 Å². The lowest BCUT2D eigenvalue weighted by Gasteiger charge is -2.20. The van der Waals surface area contributed by atoms with Gasteiger partial charge in [-0.05, 0) is 50.6 Å². The molecule has 0 saturated carbocycles. The number of rotatable bonds is 4. The van der Waals surface area contributed by atoms with Crippen molar-refractivity contribution in [2.45, 2.75) is 49.1 Å². The third kappa shape index (κ3) is 4.60. The van der Waals surface area contributed by atoms with Gasteiger partial charge in [0.25, 0.3) is 0 Å². The largest absolute Gasteiger partial charge is 0.308 e. The molecule has 0 aromatic carbocycles. The highest BCUT2D eigenvalue weighted by Crippen LogP contribution is 2.30. The molecule has 0 bridgehead atoms. The molecular weight excluding hydrogens is 274 g/mol. The fourth-order valence-electron chi connectivity index (χ4n) is 1.53. The van der Waals surface area contributed by atoms with Gasteiger partial charge in [0.05, 0.1) is 0 Å². The van der Waals surface area contributed by atoms with E-state index in [2.05, 4.69) is 49.0 Å². The molecule has 0 fully saturated rings. The predicted octanol–water partition coefficient (Wildman–Crippen LogP) is 3.89. The van der Waals surface area contributed by atoms with Gasteiger partial charge in [0.15, 0.2) is 4.34 Å². The summed E-state index contributed by atoms with van der Waals surface area (Å²) < 4.78 is 1.04. The minimum absolute atomic E-state index is 0.127. The molecule has 0 unspecified atom stereocenters. The van der Waals surface area contributed by atoms with Crippen LogP contribution < -0.4 is 5.32 Å². The monoisotopic (exact) mass is 293 g/mol. The number of nitrogens with zero attached hydrogens (tertiary/aromatic N) is 2. The Bertz CT molecular complexity index is 530. The quantitative estimate of drug-likeness (QED) is 0.928. The summed E-state index contributed by atoms with van der Waals surface area (Å²) in [5.74, 6) is 0. The lowest BCUT2D eigenvalue weighted by molar-refractivity contribution is 0.424. The number of hydrogen-bond acceptors (Lipinski definition) is 5. The first-order chi connectivity index (χ1) is 8.94. The van der Waals surface area contributed by atoms with E-state index < -0.39 is 0 Å². The molecule has 19 heavy (non-hydrogen) atoms. The standard InChI is InChI=1S/C14H19N3S2/c1-10-7-11(9-17-14(2,3)4)8-16-12(10)19-13-15-5-6-18-13/h5-8,17H,9H2,1-4H3. The zero-order chi connectivity index (χ0) is 13.9. The van der Waals surface area contributed by atoms with Crippen LogP contribution in [0.2, 0.25) is 0 Å². The van der Waals surface area contributed by atoms with Gasteiger partial charge in [0, 0.05) is 29.9 Å². The Labute approximate surface area is 122 Å². The molecule has 2 aromatic heterocycles. The first-order valence-electron chi connectivity index (χ1n) is 6.22. The average Bonchev–Trinajstić information content (AvgIpc) is 2.81. The fraction of sp³-hybridized carbons (Fsp3) is 0.429. The molecule has 0 amide bonds. The average molecular weight is 293 g/mol. The predicted molar refractivity (Wildman–Crippen MR) is 81.8 cm³/mol. The van der Waals surface area contributed by atoms with E-state index in [4.69, 9.17) is 0 Å². The summed E-state index contributed by atoms with van der Waals surface area (Å²) in [7, 11) is 0. The van der Waals surface area contributed by atoms with E-state index in [1.54, 1.807) is 23.1 Å². The molecule has 0 aliphatic heterocycles. The Morgan fingerprint density at radius 2 is 2.11 bits per heavy atom. The van der Waals surface area contributed by atoms with Crippen LogP contribution in [0.25, 0.3) is 0 Å². The van der Waals surface area contributed by atoms with Gasteiger partial charge in [0.1, 0.15) is 5.03 Å². The maximum Gasteiger partial charge on any atom is 0.156 e. The molecule has 2 rings (SSSR count). The Balaban J connectivity index is 2.05. The highest BCUT2D eigenvalue weighted by molar-refractivity contribution is 8.01. The van der Waals surface area contributed by atoms with Crippen LogP contribution in [0.3, 0.4) is 0 Å². The van der Waals surface area contributed by atoms with Gasteiger partial charge in [-0.3, -0.25) is 0 Å². The molecule has 0 saturated heterocycles. The third-order valence-electron chi connectivity index (χ3n) is 2.50. The second-order valence-electron chi connectivity index (χ2n) is 5.47. The van der Waals surface area contributed by atoms with Crippen LogP contribution in [0.4, 0.5) is 0 Å². The summed E-state index contributed by atoms with van der Waals surface area (Å²) in [4.78, 5) is 8.82. The van der Waals surface area contributed by atoms with Gasteiger partial charge >= 0.3 is 0 Å². The number of aryl methyl sites for hydroxylation is 1. The molecule has 0 atom stereocenters. The molecule has 2 heterocycles. The molecule has 5 heteroatoms. The molecular formula is C14H19N3S2. The lowest BCUT2D eigenvalue weighted by atomic mass is 10.1. The van der Waals surface area contributed by atoms with Crippen LogP contribution >= 0.6 is 23.1 Å². The van der Waals surface area contributed by atoms with Crippen LogP contribution in [0, 0.1) is 6.92 Å². The Morgan fingerprint density at radius 1 is 1.32 bits per heavy atom. The summed E-state index contributed by atoms with van der Waals surface area (Å²) >= 11 is 3.27. The molecule has 1 N–H and O–H groups in total. The summed E-state index contributed by atoms with van der Waals surface area (Å²) in [5.41, 5.74) is 2.55. The van der Waals surface area contributed by atoms with Crippen molar-refractivity contribution in [3.05, 3.63) is 35.0 Å². The van der Waals surface area contributed by atoms with E-state index in [9.17, 15) is 0 Å². The van der Waals surface area contributed by atoms with Crippen LogP contribution in [0.5, 0.6) is 0 Å². The lowest BCUT2D eigenvalue weighted by Crippen LogP contribution is -2.35. The van der Waals surface area contributed by atoms with Gasteiger partial charge in [-0.2, -0.15) is 0 Å². The van der Waals surface area contributed by atoms with Gasteiger partial charge in [-0.1, -0.05) is 6.07 Å². The van der Waals surface area contributed by atoms with E-state index >= 15 is 0 Å². The van der Waals surface area contributed by atoms with Crippen molar-refractivity contribution in [3.63, 3.8) is 0 Å². The molecule has 0 spiro atoms. The number of hydrogen-bond donors (Lipinski definition) is 1. The highest BCUT2D eigenvalue weighted by atomic mass is 32.2. The van der Waals surface area contributed by atoms with Crippen molar-refractivity contribution in [1.29, 1.82) is 0 Å². The van der Waals surface area contributed by atoms with Gasteiger partial charge in [-0.15, -0.1) is 11.3 Å². The molecule has 0 aliphatic carbocycles. The summed E-state index contributed by atoms with van der Waals surface area (Å²) in [6.45, 7) is 9.45. The summed E-state index contributed by atoms with van der Waals surface area (Å²) in [6, 6.07) is 2.20. The Kier molecular flexibility index (Phi) is 4.60. The fourth-order valence-corrected chi connectivity index (χ4v) is 3.09. The Hall–Kier alpha value is -0.910. The van der Waals surface area contributed by atoms with Gasteiger partial charge < -0.3 is 5.32 Å². The number of thiazole rings is 1. The van der Waals surface area contributed by atoms with Crippen molar-refractivity contribution in [3.8, 4) is 0 Å². The van der Waals surface area contributed by atoms with Crippen molar-refractivity contribution in [2.24, 2.45) is 0 Å². The molecule has 2 aromatic rings. The van der Waals surface area contributed by atoms with E-state index in [1.165, 1.54) is 11.1 Å². The first-order valence-corrected chi connectivity index (χ1v) is 7.91. The second kappa shape index (κ2) is 6.03. The van der Waals surface area contributed by atoms with Crippen LogP contribution in [0.15, 0.2) is 33.2 Å².